The van der Waals surface area contributed by atoms with Crippen LogP contribution in [0.2, 0.25) is 0 Å². The van der Waals surface area contributed by atoms with Gasteiger partial charge in [0.05, 0.1) is 0 Å². The highest BCUT2D eigenvalue weighted by atomic mass is 16.5. The van der Waals surface area contributed by atoms with Crippen LogP contribution in [0.25, 0.3) is 0 Å². The van der Waals surface area contributed by atoms with Gasteiger partial charge in [0.2, 0.25) is 5.91 Å². The smallest absolute Gasteiger partial charge is 0.234 e. The second-order valence-electron chi connectivity index (χ2n) is 4.81. The van der Waals surface area contributed by atoms with Crippen molar-refractivity contribution >= 4 is 5.91 Å². The van der Waals surface area contributed by atoms with Crippen LogP contribution in [0.4, 0.5) is 0 Å². The van der Waals surface area contributed by atoms with Gasteiger partial charge in [-0.05, 0) is 24.5 Å². The summed E-state index contributed by atoms with van der Waals surface area (Å²) >= 11 is 0. The quantitative estimate of drug-likeness (QED) is 0.794. The summed E-state index contributed by atoms with van der Waals surface area (Å²) in [5, 5.41) is 3.33. The molecule has 1 fully saturated rings. The Balaban J connectivity index is 1.83. The predicted molar refractivity (Wildman–Crippen MR) is 64.0 cm³/mol. The van der Waals surface area contributed by atoms with Crippen molar-refractivity contribution in [1.82, 2.24) is 9.88 Å². The highest BCUT2D eigenvalue weighted by Crippen LogP contribution is 2.21. The van der Waals surface area contributed by atoms with E-state index in [1.165, 1.54) is 11.3 Å². The topological polar surface area (TPSA) is 43.3 Å². The van der Waals surface area contributed by atoms with Crippen molar-refractivity contribution in [3.05, 3.63) is 23.5 Å². The Bertz CT molecular complexity index is 419. The summed E-state index contributed by atoms with van der Waals surface area (Å²) in [6.07, 6.45) is 4.63. The second kappa shape index (κ2) is 4.63. The normalized spacial score (nSPS) is 21.2. The zero-order valence-electron chi connectivity index (χ0n) is 9.95. The van der Waals surface area contributed by atoms with Crippen LogP contribution in [0.3, 0.4) is 0 Å². The maximum Gasteiger partial charge on any atom is 0.234 e. The first-order valence-electron chi connectivity index (χ1n) is 6.38. The van der Waals surface area contributed by atoms with E-state index in [4.69, 9.17) is 4.74 Å². The van der Waals surface area contributed by atoms with Gasteiger partial charge >= 0.3 is 0 Å². The number of carbonyl (C=O) groups excluding carboxylic acids is 1. The average molecular weight is 234 g/mol. The lowest BCUT2D eigenvalue weighted by Crippen LogP contribution is -2.31. The third kappa shape index (κ3) is 2.03. The van der Waals surface area contributed by atoms with E-state index in [0.717, 1.165) is 45.6 Å². The summed E-state index contributed by atoms with van der Waals surface area (Å²) in [4.78, 5) is 12.4. The molecular weight excluding hydrogens is 216 g/mol. The van der Waals surface area contributed by atoms with Crippen molar-refractivity contribution in [2.75, 3.05) is 19.8 Å². The molecule has 17 heavy (non-hydrogen) atoms. The van der Waals surface area contributed by atoms with Crippen LogP contribution in [0.15, 0.2) is 12.3 Å². The van der Waals surface area contributed by atoms with Crippen molar-refractivity contribution < 1.29 is 9.53 Å². The molecule has 0 bridgehead atoms. The Labute approximate surface area is 101 Å². The van der Waals surface area contributed by atoms with Gasteiger partial charge in [-0.25, -0.2) is 0 Å². The summed E-state index contributed by atoms with van der Waals surface area (Å²) in [7, 11) is 0. The van der Waals surface area contributed by atoms with Gasteiger partial charge in [0.1, 0.15) is 0 Å². The Morgan fingerprint density at radius 3 is 3.06 bits per heavy atom. The van der Waals surface area contributed by atoms with Gasteiger partial charge < -0.3 is 10.1 Å². The predicted octanol–water partition coefficient (Wildman–Crippen LogP) is 1.20. The molecule has 1 aromatic rings. The molecule has 2 aliphatic heterocycles. The molecule has 0 spiro atoms. The first-order valence-corrected chi connectivity index (χ1v) is 6.38. The highest BCUT2D eigenvalue weighted by Gasteiger charge is 2.25. The molecule has 0 saturated carbocycles. The number of rotatable bonds is 1. The van der Waals surface area contributed by atoms with Crippen molar-refractivity contribution in [3.63, 3.8) is 0 Å². The average Bonchev–Trinajstić information content (AvgIpc) is 2.83. The van der Waals surface area contributed by atoms with Gasteiger partial charge in [-0.2, -0.15) is 0 Å². The largest absolute Gasteiger partial charge is 0.381 e. The number of hydrogen-bond acceptors (Lipinski definition) is 3. The van der Waals surface area contributed by atoms with E-state index in [0.29, 0.717) is 0 Å². The fourth-order valence-corrected chi connectivity index (χ4v) is 2.72. The second-order valence-corrected chi connectivity index (χ2v) is 4.81. The monoisotopic (exact) mass is 234 g/mol. The molecule has 0 aliphatic carbocycles. The van der Waals surface area contributed by atoms with Crippen LogP contribution in [0.5, 0.6) is 0 Å². The van der Waals surface area contributed by atoms with E-state index < -0.39 is 0 Å². The SMILES string of the molecule is O=C(C1CCOCC1)n1ccc2c1CCNC2. The van der Waals surface area contributed by atoms with E-state index in [2.05, 4.69) is 11.4 Å². The van der Waals surface area contributed by atoms with Crippen molar-refractivity contribution in [1.29, 1.82) is 0 Å². The standard InChI is InChI=1S/C13H18N2O2/c16-13(10-3-7-17-8-4-10)15-6-2-11-9-14-5-1-12(11)15/h2,6,10,14H,1,3-5,7-9H2. The molecule has 92 valence electrons. The fraction of sp³-hybridized carbons (Fsp3) is 0.615. The van der Waals surface area contributed by atoms with Gasteiger partial charge in [0, 0.05) is 50.5 Å². The van der Waals surface area contributed by atoms with Gasteiger partial charge in [-0.15, -0.1) is 0 Å². The first kappa shape index (κ1) is 11.0. The summed E-state index contributed by atoms with van der Waals surface area (Å²) < 4.78 is 7.19. The van der Waals surface area contributed by atoms with Crippen molar-refractivity contribution in [2.24, 2.45) is 5.92 Å². The molecule has 0 aromatic carbocycles. The maximum absolute atomic E-state index is 12.4. The minimum absolute atomic E-state index is 0.148. The summed E-state index contributed by atoms with van der Waals surface area (Å²) in [6, 6.07) is 2.07. The van der Waals surface area contributed by atoms with Crippen LogP contribution < -0.4 is 5.32 Å². The van der Waals surface area contributed by atoms with Gasteiger partial charge in [0.25, 0.3) is 0 Å². The molecule has 1 saturated heterocycles. The molecule has 0 amide bonds. The van der Waals surface area contributed by atoms with Crippen LogP contribution in [-0.2, 0) is 17.7 Å². The van der Waals surface area contributed by atoms with E-state index in [1.807, 2.05) is 10.8 Å². The Morgan fingerprint density at radius 1 is 1.41 bits per heavy atom. The Kier molecular flexibility index (Phi) is 2.99. The number of fused-ring (bicyclic) bond motifs is 1. The molecule has 0 unspecified atom stereocenters. The third-order valence-corrected chi connectivity index (χ3v) is 3.75. The lowest BCUT2D eigenvalue weighted by molar-refractivity contribution is 0.0484. The van der Waals surface area contributed by atoms with Crippen molar-refractivity contribution in [2.45, 2.75) is 25.8 Å². The number of nitrogens with zero attached hydrogens (tertiary/aromatic N) is 1. The summed E-state index contributed by atoms with van der Waals surface area (Å²) in [5.74, 6) is 0.409. The highest BCUT2D eigenvalue weighted by molar-refractivity contribution is 5.82. The maximum atomic E-state index is 12.4. The molecule has 4 nitrogen and oxygen atoms in total. The Hall–Kier alpha value is -1.13. The number of aromatic nitrogens is 1. The van der Waals surface area contributed by atoms with Crippen LogP contribution >= 0.6 is 0 Å². The molecule has 3 rings (SSSR count). The van der Waals surface area contributed by atoms with E-state index in [-0.39, 0.29) is 11.8 Å². The fourth-order valence-electron chi connectivity index (χ4n) is 2.72. The minimum atomic E-state index is 0.148. The van der Waals surface area contributed by atoms with Gasteiger partial charge in [-0.1, -0.05) is 0 Å². The molecule has 0 atom stereocenters. The van der Waals surface area contributed by atoms with Gasteiger partial charge in [-0.3, -0.25) is 9.36 Å². The zero-order valence-corrected chi connectivity index (χ0v) is 9.95. The number of ether oxygens (including phenoxy) is 1. The molecule has 3 heterocycles. The van der Waals surface area contributed by atoms with Crippen molar-refractivity contribution in [3.8, 4) is 0 Å². The number of hydrogen-bond donors (Lipinski definition) is 1. The lowest BCUT2D eigenvalue weighted by atomic mass is 9.99. The van der Waals surface area contributed by atoms with E-state index in [1.54, 1.807) is 0 Å². The summed E-state index contributed by atoms with van der Waals surface area (Å²) in [5.41, 5.74) is 2.48. The van der Waals surface area contributed by atoms with E-state index in [9.17, 15) is 4.79 Å². The zero-order chi connectivity index (χ0) is 11.7. The van der Waals surface area contributed by atoms with Gasteiger partial charge in [0.15, 0.2) is 0 Å². The van der Waals surface area contributed by atoms with Crippen LogP contribution in [0, 0.1) is 5.92 Å². The first-order chi connectivity index (χ1) is 8.36. The molecule has 1 N–H and O–H groups in total. The molecule has 0 radical (unpaired) electrons. The van der Waals surface area contributed by atoms with Crippen LogP contribution in [0.1, 0.15) is 28.9 Å². The number of carbonyl (C=O) groups is 1. The molecule has 1 aromatic heterocycles. The summed E-state index contributed by atoms with van der Waals surface area (Å²) in [6.45, 7) is 3.31. The Morgan fingerprint density at radius 2 is 2.24 bits per heavy atom. The minimum Gasteiger partial charge on any atom is -0.381 e. The molecular formula is C13H18N2O2. The third-order valence-electron chi connectivity index (χ3n) is 3.75. The molecule has 2 aliphatic rings. The molecule has 4 heteroatoms. The number of nitrogens with one attached hydrogen (secondary N) is 1. The lowest BCUT2D eigenvalue weighted by Gasteiger charge is -2.23. The van der Waals surface area contributed by atoms with E-state index >= 15 is 0 Å². The van der Waals surface area contributed by atoms with Crippen LogP contribution in [-0.4, -0.2) is 30.2 Å².